The Labute approximate surface area is 104 Å². The van der Waals surface area contributed by atoms with Crippen LogP contribution in [0.5, 0.6) is 0 Å². The Morgan fingerprint density at radius 3 is 2.71 bits per heavy atom. The summed E-state index contributed by atoms with van der Waals surface area (Å²) < 4.78 is 28.1. The van der Waals surface area contributed by atoms with E-state index in [1.165, 1.54) is 0 Å². The van der Waals surface area contributed by atoms with E-state index in [9.17, 15) is 8.42 Å². The summed E-state index contributed by atoms with van der Waals surface area (Å²) in [6.45, 7) is 1.30. The van der Waals surface area contributed by atoms with Crippen molar-refractivity contribution >= 4 is 9.84 Å². The molecule has 0 saturated carbocycles. The van der Waals surface area contributed by atoms with Crippen LogP contribution in [0.25, 0.3) is 0 Å². The van der Waals surface area contributed by atoms with Crippen LogP contribution in [0, 0.1) is 0 Å². The van der Waals surface area contributed by atoms with Crippen LogP contribution < -0.4 is 5.73 Å². The summed E-state index contributed by atoms with van der Waals surface area (Å²) in [7, 11) is 0.850. The third-order valence-electron chi connectivity index (χ3n) is 3.46. The summed E-state index contributed by atoms with van der Waals surface area (Å²) in [6.07, 6.45) is 2.64. The Morgan fingerprint density at radius 1 is 1.53 bits per heavy atom. The molecule has 0 bridgehead atoms. The Bertz CT molecular complexity index is 319. The molecular weight excluding hydrogens is 240 g/mol. The molecule has 0 radical (unpaired) electrons. The molecule has 0 aromatic carbocycles. The van der Waals surface area contributed by atoms with E-state index < -0.39 is 9.84 Å². The minimum absolute atomic E-state index is 0.137. The molecule has 0 aromatic rings. The topological polar surface area (TPSA) is 72.6 Å². The average molecular weight is 264 g/mol. The average Bonchev–Trinajstić information content (AvgIpc) is 2.64. The van der Waals surface area contributed by atoms with Crippen LogP contribution >= 0.6 is 0 Å². The van der Waals surface area contributed by atoms with Crippen molar-refractivity contribution in [3.8, 4) is 0 Å². The molecule has 0 spiro atoms. The number of ether oxygens (including phenoxy) is 1. The van der Waals surface area contributed by atoms with E-state index in [1.807, 2.05) is 7.05 Å². The summed E-state index contributed by atoms with van der Waals surface area (Å²) in [5.74, 6) is 0.602. The fourth-order valence-electron chi connectivity index (χ4n) is 2.35. The van der Waals surface area contributed by atoms with Crippen molar-refractivity contribution in [1.82, 2.24) is 4.90 Å². The molecule has 102 valence electrons. The van der Waals surface area contributed by atoms with Gasteiger partial charge >= 0.3 is 0 Å². The zero-order valence-corrected chi connectivity index (χ0v) is 11.6. The minimum atomic E-state index is -2.82. The first-order valence-electron chi connectivity index (χ1n) is 6.11. The van der Waals surface area contributed by atoms with Gasteiger partial charge in [-0.1, -0.05) is 0 Å². The van der Waals surface area contributed by atoms with Gasteiger partial charge in [-0.2, -0.15) is 0 Å². The van der Waals surface area contributed by atoms with E-state index in [-0.39, 0.29) is 17.8 Å². The molecule has 2 N–H and O–H groups in total. The molecule has 1 fully saturated rings. The van der Waals surface area contributed by atoms with Crippen LogP contribution in [0.3, 0.4) is 0 Å². The number of hydrogen-bond donors (Lipinski definition) is 1. The Kier molecular flexibility index (Phi) is 5.85. The van der Waals surface area contributed by atoms with Crippen LogP contribution in [-0.2, 0) is 14.6 Å². The molecule has 5 nitrogen and oxygen atoms in total. The van der Waals surface area contributed by atoms with Gasteiger partial charge in [0.25, 0.3) is 0 Å². The lowest BCUT2D eigenvalue weighted by Crippen LogP contribution is -2.43. The molecule has 1 rings (SSSR count). The minimum Gasteiger partial charge on any atom is -0.383 e. The number of hydrogen-bond acceptors (Lipinski definition) is 5. The summed E-state index contributed by atoms with van der Waals surface area (Å²) >= 11 is 0. The third-order valence-corrected chi connectivity index (χ3v) is 5.21. The van der Waals surface area contributed by atoms with Crippen LogP contribution in [0.15, 0.2) is 0 Å². The standard InChI is InChI=1S/C11H24N2O3S/c1-13(10(8-16-2)4-3-6-12)11-5-7-17(14,15)9-11/h10-11H,3-9,12H2,1-2H3. The molecule has 1 heterocycles. The Hall–Kier alpha value is -0.170. The van der Waals surface area contributed by atoms with Gasteiger partial charge in [-0.15, -0.1) is 0 Å². The van der Waals surface area contributed by atoms with E-state index in [4.69, 9.17) is 10.5 Å². The summed E-state index contributed by atoms with van der Waals surface area (Å²) in [5.41, 5.74) is 5.51. The van der Waals surface area contributed by atoms with Gasteiger partial charge in [0.05, 0.1) is 18.1 Å². The number of likely N-dealkylation sites (N-methyl/N-ethyl adjacent to an activating group) is 1. The van der Waals surface area contributed by atoms with Gasteiger partial charge in [0, 0.05) is 19.2 Å². The lowest BCUT2D eigenvalue weighted by atomic mass is 10.1. The fourth-order valence-corrected chi connectivity index (χ4v) is 4.13. The van der Waals surface area contributed by atoms with Gasteiger partial charge in [0.1, 0.15) is 0 Å². The number of rotatable bonds is 7. The van der Waals surface area contributed by atoms with Crippen molar-refractivity contribution in [1.29, 1.82) is 0 Å². The van der Waals surface area contributed by atoms with E-state index in [1.54, 1.807) is 7.11 Å². The molecule has 2 atom stereocenters. The van der Waals surface area contributed by atoms with E-state index in [0.717, 1.165) is 19.3 Å². The highest BCUT2D eigenvalue weighted by Crippen LogP contribution is 2.20. The normalized spacial score (nSPS) is 25.3. The monoisotopic (exact) mass is 264 g/mol. The first kappa shape index (κ1) is 14.9. The van der Waals surface area contributed by atoms with Crippen molar-refractivity contribution in [3.63, 3.8) is 0 Å². The maximum Gasteiger partial charge on any atom is 0.151 e. The van der Waals surface area contributed by atoms with Gasteiger partial charge in [-0.25, -0.2) is 8.42 Å². The van der Waals surface area contributed by atoms with Gasteiger partial charge in [0.15, 0.2) is 9.84 Å². The number of nitrogens with zero attached hydrogens (tertiary/aromatic N) is 1. The van der Waals surface area contributed by atoms with Crippen LogP contribution in [0.1, 0.15) is 19.3 Å². The second-order valence-electron chi connectivity index (χ2n) is 4.76. The third kappa shape index (κ3) is 4.54. The molecule has 0 amide bonds. The predicted molar refractivity (Wildman–Crippen MR) is 68.8 cm³/mol. The highest BCUT2D eigenvalue weighted by molar-refractivity contribution is 7.91. The molecule has 17 heavy (non-hydrogen) atoms. The smallest absolute Gasteiger partial charge is 0.151 e. The molecule has 6 heteroatoms. The molecule has 0 aliphatic carbocycles. The molecular formula is C11H24N2O3S. The lowest BCUT2D eigenvalue weighted by Gasteiger charge is -2.32. The number of methoxy groups -OCH3 is 1. The summed E-state index contributed by atoms with van der Waals surface area (Å²) in [5, 5.41) is 0. The van der Waals surface area contributed by atoms with Gasteiger partial charge in [0.2, 0.25) is 0 Å². The Morgan fingerprint density at radius 2 is 2.24 bits per heavy atom. The maximum atomic E-state index is 11.5. The largest absolute Gasteiger partial charge is 0.383 e. The quantitative estimate of drug-likeness (QED) is 0.693. The molecule has 2 unspecified atom stereocenters. The second kappa shape index (κ2) is 6.68. The van der Waals surface area contributed by atoms with E-state index in [0.29, 0.717) is 18.9 Å². The second-order valence-corrected chi connectivity index (χ2v) is 6.99. The summed E-state index contributed by atoms with van der Waals surface area (Å²) in [6, 6.07) is 0.403. The maximum absolute atomic E-state index is 11.5. The zero-order chi connectivity index (χ0) is 12.9. The number of nitrogens with two attached hydrogens (primary N) is 1. The van der Waals surface area contributed by atoms with Crippen molar-refractivity contribution in [2.75, 3.05) is 38.8 Å². The summed E-state index contributed by atoms with van der Waals surface area (Å²) in [4.78, 5) is 2.16. The van der Waals surface area contributed by atoms with Gasteiger partial charge in [-0.05, 0) is 32.9 Å². The fraction of sp³-hybridized carbons (Fsp3) is 1.00. The van der Waals surface area contributed by atoms with Gasteiger partial charge < -0.3 is 10.5 Å². The van der Waals surface area contributed by atoms with Crippen molar-refractivity contribution < 1.29 is 13.2 Å². The van der Waals surface area contributed by atoms with Crippen LogP contribution in [0.2, 0.25) is 0 Å². The van der Waals surface area contributed by atoms with E-state index in [2.05, 4.69) is 4.90 Å². The van der Waals surface area contributed by atoms with E-state index >= 15 is 0 Å². The SMILES string of the molecule is COCC(CCCN)N(C)C1CCS(=O)(=O)C1. The highest BCUT2D eigenvalue weighted by Gasteiger charge is 2.33. The molecule has 0 aromatic heterocycles. The number of sulfone groups is 1. The van der Waals surface area contributed by atoms with Crippen molar-refractivity contribution in [2.24, 2.45) is 5.73 Å². The molecule has 1 aliphatic heterocycles. The van der Waals surface area contributed by atoms with Crippen LogP contribution in [-0.4, -0.2) is 64.2 Å². The van der Waals surface area contributed by atoms with Crippen molar-refractivity contribution in [3.05, 3.63) is 0 Å². The van der Waals surface area contributed by atoms with Crippen LogP contribution in [0.4, 0.5) is 0 Å². The first-order chi connectivity index (χ1) is 8.00. The zero-order valence-electron chi connectivity index (χ0n) is 10.8. The van der Waals surface area contributed by atoms with Crippen molar-refractivity contribution in [2.45, 2.75) is 31.3 Å². The highest BCUT2D eigenvalue weighted by atomic mass is 32.2. The lowest BCUT2D eigenvalue weighted by molar-refractivity contribution is 0.0803. The Balaban J connectivity index is 2.55. The van der Waals surface area contributed by atoms with Gasteiger partial charge in [-0.3, -0.25) is 4.90 Å². The molecule has 1 aliphatic rings. The first-order valence-corrected chi connectivity index (χ1v) is 7.93. The predicted octanol–water partition coefficient (Wildman–Crippen LogP) is -0.141. The molecule has 1 saturated heterocycles.